The number of amides is 1. The van der Waals surface area contributed by atoms with Crippen LogP contribution in [0.1, 0.15) is 24.5 Å². The molecule has 0 radical (unpaired) electrons. The Bertz CT molecular complexity index is 893. The van der Waals surface area contributed by atoms with E-state index in [1.807, 2.05) is 13.0 Å². The highest BCUT2D eigenvalue weighted by atomic mass is 32.2. The highest BCUT2D eigenvalue weighted by molar-refractivity contribution is 7.86. The predicted octanol–water partition coefficient (Wildman–Crippen LogP) is 3.27. The van der Waals surface area contributed by atoms with E-state index in [1.54, 1.807) is 31.4 Å². The fourth-order valence-electron chi connectivity index (χ4n) is 2.43. The molecule has 0 atom stereocenters. The average Bonchev–Trinajstić information content (AvgIpc) is 2.65. The number of nitrogens with one attached hydrogen (secondary N) is 1. The van der Waals surface area contributed by atoms with E-state index in [9.17, 15) is 13.2 Å². The summed E-state index contributed by atoms with van der Waals surface area (Å²) in [7, 11) is -2.21. The number of benzene rings is 2. The second-order valence-corrected chi connectivity index (χ2v) is 7.82. The standard InChI is InChI=1S/C20H25NO6S/c1-15-5-9-19(10-6-15)28(23,24)27-12-4-11-26-14-17-7-8-18(21-16(2)22)13-20(17)25-3/h5-10,13H,4,11-12,14H2,1-3H3,(H,21,22). The summed E-state index contributed by atoms with van der Waals surface area (Å²) in [6.45, 7) is 3.99. The predicted molar refractivity (Wildman–Crippen MR) is 106 cm³/mol. The minimum Gasteiger partial charge on any atom is -0.496 e. The topological polar surface area (TPSA) is 90.9 Å². The number of aryl methyl sites for hydroxylation is 1. The zero-order chi connectivity index (χ0) is 20.6. The molecule has 0 heterocycles. The molecule has 1 amide bonds. The summed E-state index contributed by atoms with van der Waals surface area (Å²) in [6, 6.07) is 11.8. The zero-order valence-corrected chi connectivity index (χ0v) is 17.0. The highest BCUT2D eigenvalue weighted by Gasteiger charge is 2.14. The van der Waals surface area contributed by atoms with E-state index in [0.717, 1.165) is 11.1 Å². The summed E-state index contributed by atoms with van der Waals surface area (Å²) >= 11 is 0. The molecule has 2 rings (SSSR count). The number of hydrogen-bond donors (Lipinski definition) is 1. The normalized spacial score (nSPS) is 11.2. The van der Waals surface area contributed by atoms with Crippen molar-refractivity contribution in [2.75, 3.05) is 25.6 Å². The van der Waals surface area contributed by atoms with Gasteiger partial charge >= 0.3 is 0 Å². The summed E-state index contributed by atoms with van der Waals surface area (Å²) in [5, 5.41) is 2.69. The number of carbonyl (C=O) groups excluding carboxylic acids is 1. The minimum atomic E-state index is -3.75. The van der Waals surface area contributed by atoms with Gasteiger partial charge in [-0.1, -0.05) is 23.8 Å². The van der Waals surface area contributed by atoms with Gasteiger partial charge in [-0.05, 0) is 31.5 Å². The Balaban J connectivity index is 1.77. The van der Waals surface area contributed by atoms with Crippen molar-refractivity contribution in [1.82, 2.24) is 0 Å². The first-order valence-electron chi connectivity index (χ1n) is 8.80. The number of hydrogen-bond acceptors (Lipinski definition) is 6. The van der Waals surface area contributed by atoms with Gasteiger partial charge in [-0.3, -0.25) is 8.98 Å². The molecule has 0 aliphatic rings. The molecular formula is C20H25NO6S. The van der Waals surface area contributed by atoms with Gasteiger partial charge in [0, 0.05) is 30.8 Å². The third kappa shape index (κ3) is 6.63. The molecule has 0 aliphatic carbocycles. The van der Waals surface area contributed by atoms with Gasteiger partial charge in [0.15, 0.2) is 0 Å². The number of rotatable bonds is 10. The van der Waals surface area contributed by atoms with Crippen molar-refractivity contribution in [3.05, 3.63) is 53.6 Å². The molecule has 0 unspecified atom stereocenters. The highest BCUT2D eigenvalue weighted by Crippen LogP contribution is 2.24. The molecule has 8 heteroatoms. The van der Waals surface area contributed by atoms with Crippen LogP contribution in [0.3, 0.4) is 0 Å². The van der Waals surface area contributed by atoms with Crippen LogP contribution < -0.4 is 10.1 Å². The largest absolute Gasteiger partial charge is 0.496 e. The lowest BCUT2D eigenvalue weighted by Gasteiger charge is -2.11. The smallest absolute Gasteiger partial charge is 0.296 e. The Morgan fingerprint density at radius 3 is 2.43 bits per heavy atom. The van der Waals surface area contributed by atoms with Crippen LogP contribution >= 0.6 is 0 Å². The van der Waals surface area contributed by atoms with Crippen LogP contribution in [0.25, 0.3) is 0 Å². The van der Waals surface area contributed by atoms with E-state index < -0.39 is 10.1 Å². The SMILES string of the molecule is COc1cc(NC(C)=O)ccc1COCCCOS(=O)(=O)c1ccc(C)cc1. The molecule has 0 aromatic heterocycles. The maximum absolute atomic E-state index is 12.1. The van der Waals surface area contributed by atoms with E-state index >= 15 is 0 Å². The number of ether oxygens (including phenoxy) is 2. The fourth-order valence-corrected chi connectivity index (χ4v) is 3.37. The molecule has 0 saturated carbocycles. The molecule has 152 valence electrons. The van der Waals surface area contributed by atoms with Crippen LogP contribution in [0.5, 0.6) is 5.75 Å². The zero-order valence-electron chi connectivity index (χ0n) is 16.2. The number of anilines is 1. The first-order chi connectivity index (χ1) is 13.3. The van der Waals surface area contributed by atoms with Gasteiger partial charge in [0.2, 0.25) is 5.91 Å². The summed E-state index contributed by atoms with van der Waals surface area (Å²) < 4.78 is 40.1. The van der Waals surface area contributed by atoms with E-state index in [1.165, 1.54) is 19.1 Å². The number of methoxy groups -OCH3 is 1. The van der Waals surface area contributed by atoms with Gasteiger partial charge in [0.25, 0.3) is 10.1 Å². The summed E-state index contributed by atoms with van der Waals surface area (Å²) in [6.07, 6.45) is 0.428. The Labute approximate surface area is 165 Å². The average molecular weight is 407 g/mol. The lowest BCUT2D eigenvalue weighted by atomic mass is 10.2. The molecule has 28 heavy (non-hydrogen) atoms. The molecule has 0 bridgehead atoms. The maximum atomic E-state index is 12.1. The lowest BCUT2D eigenvalue weighted by Crippen LogP contribution is -2.09. The second-order valence-electron chi connectivity index (χ2n) is 6.20. The van der Waals surface area contributed by atoms with E-state index in [0.29, 0.717) is 31.1 Å². The fraction of sp³-hybridized carbons (Fsp3) is 0.350. The molecular weight excluding hydrogens is 382 g/mol. The van der Waals surface area contributed by atoms with Crippen molar-refractivity contribution < 1.29 is 26.9 Å². The molecule has 0 fully saturated rings. The van der Waals surface area contributed by atoms with Crippen LogP contribution in [-0.4, -0.2) is 34.6 Å². The molecule has 1 N–H and O–H groups in total. The second kappa shape index (κ2) is 10.2. The van der Waals surface area contributed by atoms with Crippen LogP contribution in [-0.2, 0) is 30.4 Å². The Morgan fingerprint density at radius 2 is 1.79 bits per heavy atom. The van der Waals surface area contributed by atoms with Crippen molar-refractivity contribution in [3.8, 4) is 5.75 Å². The van der Waals surface area contributed by atoms with Gasteiger partial charge in [0.1, 0.15) is 5.75 Å². The first kappa shape index (κ1) is 21.9. The van der Waals surface area contributed by atoms with Crippen molar-refractivity contribution in [2.24, 2.45) is 0 Å². The lowest BCUT2D eigenvalue weighted by molar-refractivity contribution is -0.114. The van der Waals surface area contributed by atoms with Crippen molar-refractivity contribution in [1.29, 1.82) is 0 Å². The molecule has 0 spiro atoms. The summed E-state index contributed by atoms with van der Waals surface area (Å²) in [5.41, 5.74) is 2.44. The Kier molecular flexibility index (Phi) is 7.98. The summed E-state index contributed by atoms with van der Waals surface area (Å²) in [5.74, 6) is 0.441. The molecule has 2 aromatic rings. The molecule has 0 aliphatic heterocycles. The van der Waals surface area contributed by atoms with E-state index in [4.69, 9.17) is 13.7 Å². The van der Waals surface area contributed by atoms with Gasteiger partial charge < -0.3 is 14.8 Å². The van der Waals surface area contributed by atoms with Gasteiger partial charge in [-0.15, -0.1) is 0 Å². The third-order valence-corrected chi connectivity index (χ3v) is 5.17. The molecule has 2 aromatic carbocycles. The van der Waals surface area contributed by atoms with Gasteiger partial charge in [-0.2, -0.15) is 8.42 Å². The van der Waals surface area contributed by atoms with Gasteiger partial charge in [0.05, 0.1) is 25.2 Å². The molecule has 7 nitrogen and oxygen atoms in total. The summed E-state index contributed by atoms with van der Waals surface area (Å²) in [4.78, 5) is 11.3. The first-order valence-corrected chi connectivity index (χ1v) is 10.2. The van der Waals surface area contributed by atoms with Crippen molar-refractivity contribution in [3.63, 3.8) is 0 Å². The monoisotopic (exact) mass is 407 g/mol. The number of carbonyl (C=O) groups is 1. The Morgan fingerprint density at radius 1 is 1.07 bits per heavy atom. The van der Waals surface area contributed by atoms with Gasteiger partial charge in [-0.25, -0.2) is 0 Å². The minimum absolute atomic E-state index is 0.0365. The van der Waals surface area contributed by atoms with E-state index in [2.05, 4.69) is 5.32 Å². The van der Waals surface area contributed by atoms with E-state index in [-0.39, 0.29) is 17.4 Å². The van der Waals surface area contributed by atoms with Crippen molar-refractivity contribution >= 4 is 21.7 Å². The van der Waals surface area contributed by atoms with Crippen LogP contribution in [0, 0.1) is 6.92 Å². The Hall–Kier alpha value is -2.42. The van der Waals surface area contributed by atoms with Crippen LogP contribution in [0.2, 0.25) is 0 Å². The third-order valence-electron chi connectivity index (χ3n) is 3.85. The maximum Gasteiger partial charge on any atom is 0.296 e. The molecule has 0 saturated heterocycles. The van der Waals surface area contributed by atoms with Crippen LogP contribution in [0.4, 0.5) is 5.69 Å². The van der Waals surface area contributed by atoms with Crippen LogP contribution in [0.15, 0.2) is 47.4 Å². The quantitative estimate of drug-likeness (QED) is 0.480. The van der Waals surface area contributed by atoms with Crippen molar-refractivity contribution in [2.45, 2.75) is 31.8 Å².